The number of carbonyl (C=O) groups is 3. The molecule has 1 aliphatic heterocycles. The second kappa shape index (κ2) is 15.8. The number of likely N-dealkylation sites (tertiary alicyclic amines) is 1. The first kappa shape index (κ1) is 37.5. The minimum absolute atomic E-state index is 0.0459. The molecular formula is C39H49F3N6O4. The zero-order valence-electron chi connectivity index (χ0n) is 30.3. The van der Waals surface area contributed by atoms with E-state index < -0.39 is 17.8 Å². The molecule has 6 rings (SSSR count). The number of halogens is 3. The molecule has 3 aliphatic rings. The Balaban J connectivity index is 1.15. The molecule has 4 atom stereocenters. The van der Waals surface area contributed by atoms with Crippen molar-refractivity contribution in [3.8, 4) is 0 Å². The highest BCUT2D eigenvalue weighted by Gasteiger charge is 2.43. The summed E-state index contributed by atoms with van der Waals surface area (Å²) in [7, 11) is 2.09. The Labute approximate surface area is 302 Å². The number of anilines is 1. The molecule has 2 aromatic carbocycles. The number of nitrogens with one attached hydrogen (secondary N) is 2. The molecule has 0 radical (unpaired) electrons. The minimum atomic E-state index is -4.53. The molecule has 280 valence electrons. The molecule has 0 unspecified atom stereocenters. The summed E-state index contributed by atoms with van der Waals surface area (Å²) in [5, 5.41) is 6.60. The van der Waals surface area contributed by atoms with Gasteiger partial charge >= 0.3 is 12.1 Å². The number of hydrogen-bond acceptors (Lipinski definition) is 8. The molecule has 2 heterocycles. The maximum absolute atomic E-state index is 14.0. The first-order chi connectivity index (χ1) is 24.8. The number of hydrogen-bond donors (Lipinski definition) is 2. The predicted molar refractivity (Wildman–Crippen MR) is 192 cm³/mol. The van der Waals surface area contributed by atoms with Crippen molar-refractivity contribution in [2.45, 2.75) is 114 Å². The van der Waals surface area contributed by atoms with Crippen LogP contribution in [0.4, 0.5) is 19.0 Å². The number of rotatable bonds is 10. The van der Waals surface area contributed by atoms with Gasteiger partial charge in [-0.1, -0.05) is 12.1 Å². The largest absolute Gasteiger partial charge is 0.466 e. The molecule has 3 fully saturated rings. The zero-order valence-corrected chi connectivity index (χ0v) is 30.3. The highest BCUT2D eigenvalue weighted by Crippen LogP contribution is 2.37. The van der Waals surface area contributed by atoms with Gasteiger partial charge in [-0.05, 0) is 121 Å². The van der Waals surface area contributed by atoms with Crippen molar-refractivity contribution in [3.63, 3.8) is 0 Å². The van der Waals surface area contributed by atoms with Gasteiger partial charge in [0.05, 0.1) is 35.7 Å². The van der Waals surface area contributed by atoms with Crippen LogP contribution in [0.15, 0.2) is 48.8 Å². The van der Waals surface area contributed by atoms with Crippen LogP contribution < -0.4 is 10.6 Å². The van der Waals surface area contributed by atoms with Crippen LogP contribution in [0.1, 0.15) is 99.5 Å². The lowest BCUT2D eigenvalue weighted by molar-refractivity contribution is -0.149. The number of benzene rings is 2. The summed E-state index contributed by atoms with van der Waals surface area (Å²) in [5.74, 6) is -0.0158. The third kappa shape index (κ3) is 8.19. The van der Waals surface area contributed by atoms with Gasteiger partial charge in [0.25, 0.3) is 5.91 Å². The van der Waals surface area contributed by atoms with E-state index in [9.17, 15) is 27.6 Å². The molecule has 1 aromatic heterocycles. The van der Waals surface area contributed by atoms with Crippen molar-refractivity contribution in [3.05, 3.63) is 65.5 Å². The number of ether oxygens (including phenoxy) is 1. The molecule has 13 heteroatoms. The Bertz CT molecular complexity index is 1740. The van der Waals surface area contributed by atoms with Gasteiger partial charge in [-0.2, -0.15) is 13.2 Å². The maximum atomic E-state index is 14.0. The molecule has 3 aromatic rings. The fourth-order valence-corrected chi connectivity index (χ4v) is 8.21. The topological polar surface area (TPSA) is 117 Å². The molecular weight excluding hydrogens is 673 g/mol. The summed E-state index contributed by atoms with van der Waals surface area (Å²) in [6.45, 7) is 6.94. The molecule has 1 saturated heterocycles. The van der Waals surface area contributed by atoms with Gasteiger partial charge in [0.2, 0.25) is 5.91 Å². The van der Waals surface area contributed by atoms with Gasteiger partial charge in [-0.25, -0.2) is 9.97 Å². The number of amides is 2. The molecule has 2 amide bonds. The van der Waals surface area contributed by atoms with Crippen LogP contribution in [0.3, 0.4) is 0 Å². The van der Waals surface area contributed by atoms with Crippen molar-refractivity contribution in [1.82, 2.24) is 25.1 Å². The Morgan fingerprint density at radius 2 is 1.73 bits per heavy atom. The average Bonchev–Trinajstić information content (AvgIpc) is 3.49. The van der Waals surface area contributed by atoms with Gasteiger partial charge in [0.1, 0.15) is 18.2 Å². The molecule has 2 N–H and O–H groups in total. The van der Waals surface area contributed by atoms with E-state index in [1.165, 1.54) is 12.4 Å². The van der Waals surface area contributed by atoms with E-state index in [4.69, 9.17) is 4.74 Å². The zero-order chi connectivity index (χ0) is 37.2. The van der Waals surface area contributed by atoms with E-state index in [0.717, 1.165) is 49.8 Å². The van der Waals surface area contributed by atoms with Gasteiger partial charge in [-0.3, -0.25) is 14.4 Å². The summed E-state index contributed by atoms with van der Waals surface area (Å²) in [6.07, 6.45) is 2.79. The summed E-state index contributed by atoms with van der Waals surface area (Å²) in [4.78, 5) is 52.4. The highest BCUT2D eigenvalue weighted by molar-refractivity contribution is 5.95. The number of alkyl halides is 3. The quantitative estimate of drug-likeness (QED) is 0.226. The van der Waals surface area contributed by atoms with Crippen LogP contribution in [0.25, 0.3) is 10.9 Å². The van der Waals surface area contributed by atoms with E-state index in [1.54, 1.807) is 0 Å². The summed E-state index contributed by atoms with van der Waals surface area (Å²) in [5.41, 5.74) is 1.23. The molecule has 0 spiro atoms. The Morgan fingerprint density at radius 3 is 2.40 bits per heavy atom. The second-order valence-electron chi connectivity index (χ2n) is 14.8. The monoisotopic (exact) mass is 722 g/mol. The lowest BCUT2D eigenvalue weighted by atomic mass is 9.78. The fourth-order valence-electron chi connectivity index (χ4n) is 8.21. The number of nitrogens with zero attached hydrogens (tertiary/aromatic N) is 4. The van der Waals surface area contributed by atoms with Crippen molar-refractivity contribution in [2.24, 2.45) is 5.92 Å². The van der Waals surface area contributed by atoms with Crippen LogP contribution in [0, 0.1) is 5.92 Å². The summed E-state index contributed by atoms with van der Waals surface area (Å²) < 4.78 is 45.7. The van der Waals surface area contributed by atoms with Crippen LogP contribution in [-0.2, 0) is 20.5 Å². The van der Waals surface area contributed by atoms with Gasteiger partial charge in [0, 0.05) is 29.6 Å². The predicted octanol–water partition coefficient (Wildman–Crippen LogP) is 6.56. The molecule has 2 saturated carbocycles. The molecule has 2 aliphatic carbocycles. The summed E-state index contributed by atoms with van der Waals surface area (Å²) in [6, 6.07) is 10.3. The van der Waals surface area contributed by atoms with Crippen molar-refractivity contribution in [1.29, 1.82) is 0 Å². The van der Waals surface area contributed by atoms with E-state index >= 15 is 0 Å². The van der Waals surface area contributed by atoms with Gasteiger partial charge in [-0.15, -0.1) is 0 Å². The SMILES string of the molecule is CCOC(=O)C1CCC(c2ccc(C(=O)N[C@@H]3C[C@H](N(C)C(C)C)CC[C@@H]3N3CC[C@H](Nc4ncnc5ccc(C(F)(F)F)cc45)C3=O)cc2)CC1. The third-order valence-corrected chi connectivity index (χ3v) is 11.4. The number of aromatic nitrogens is 2. The molecule has 0 bridgehead atoms. The Kier molecular flexibility index (Phi) is 11.4. The van der Waals surface area contributed by atoms with E-state index in [0.29, 0.717) is 55.5 Å². The van der Waals surface area contributed by atoms with Crippen LogP contribution in [-0.4, -0.2) is 88.0 Å². The Hall–Kier alpha value is -4.26. The lowest BCUT2D eigenvalue weighted by Crippen LogP contribution is -2.58. The van der Waals surface area contributed by atoms with Crippen LogP contribution in [0.5, 0.6) is 0 Å². The highest BCUT2D eigenvalue weighted by atomic mass is 19.4. The fraction of sp³-hybridized carbons (Fsp3) is 0.564. The summed E-state index contributed by atoms with van der Waals surface area (Å²) >= 11 is 0. The minimum Gasteiger partial charge on any atom is -0.466 e. The number of fused-ring (bicyclic) bond motifs is 1. The van der Waals surface area contributed by atoms with E-state index in [-0.39, 0.29) is 53.0 Å². The van der Waals surface area contributed by atoms with Gasteiger partial charge < -0.3 is 25.2 Å². The normalized spacial score (nSPS) is 25.5. The molecule has 10 nitrogen and oxygen atoms in total. The van der Waals surface area contributed by atoms with Crippen molar-refractivity contribution in [2.75, 3.05) is 25.5 Å². The van der Waals surface area contributed by atoms with Crippen molar-refractivity contribution >= 4 is 34.5 Å². The van der Waals surface area contributed by atoms with E-state index in [1.807, 2.05) is 36.1 Å². The van der Waals surface area contributed by atoms with Crippen LogP contribution in [0.2, 0.25) is 0 Å². The first-order valence-electron chi connectivity index (χ1n) is 18.5. The first-order valence-corrected chi connectivity index (χ1v) is 18.5. The van der Waals surface area contributed by atoms with Crippen molar-refractivity contribution < 1.29 is 32.3 Å². The number of carbonyl (C=O) groups excluding carboxylic acids is 3. The van der Waals surface area contributed by atoms with E-state index in [2.05, 4.69) is 46.4 Å². The lowest BCUT2D eigenvalue weighted by Gasteiger charge is -2.44. The smallest absolute Gasteiger partial charge is 0.416 e. The molecule has 52 heavy (non-hydrogen) atoms. The third-order valence-electron chi connectivity index (χ3n) is 11.4. The Morgan fingerprint density at radius 1 is 1.00 bits per heavy atom. The second-order valence-corrected chi connectivity index (χ2v) is 14.8. The average molecular weight is 723 g/mol. The van der Waals surface area contributed by atoms with Crippen LogP contribution >= 0.6 is 0 Å². The number of esters is 1. The maximum Gasteiger partial charge on any atom is 0.416 e. The standard InChI is InChI=1S/C39H49F3N6O4/c1-5-52-38(51)27-12-8-25(9-13-27)24-6-10-26(11-7-24)36(49)46-33-21-29(47(4)23(2)3)15-17-34(33)48-19-18-32(37(48)50)45-35-30-20-28(39(40,41)42)14-16-31(30)43-22-44-35/h6-7,10-11,14,16,20,22-23,25,27,29,32-34H,5,8-9,12-13,15,17-19,21H2,1-4H3,(H,46,49)(H,43,44,45)/t25?,27?,29-,32+,33-,34+/m1/s1. The van der Waals surface area contributed by atoms with Gasteiger partial charge in [0.15, 0.2) is 0 Å².